The summed E-state index contributed by atoms with van der Waals surface area (Å²) in [6, 6.07) is 0. The summed E-state index contributed by atoms with van der Waals surface area (Å²) in [5.41, 5.74) is 1.19. The molecule has 138 valence electrons. The number of hydrogen-bond donors (Lipinski definition) is 0. The molecule has 0 saturated carbocycles. The first kappa shape index (κ1) is 17.0. The molecule has 0 N–H and O–H groups in total. The fourth-order valence-corrected chi connectivity index (χ4v) is 4.47. The molecule has 0 radical (unpaired) electrons. The van der Waals surface area contributed by atoms with Crippen LogP contribution < -0.4 is 0 Å². The van der Waals surface area contributed by atoms with Gasteiger partial charge in [0.2, 0.25) is 0 Å². The Labute approximate surface area is 148 Å². The summed E-state index contributed by atoms with van der Waals surface area (Å²) in [7, 11) is 0. The highest BCUT2D eigenvalue weighted by molar-refractivity contribution is 5.95. The van der Waals surface area contributed by atoms with Crippen LogP contribution in [0.4, 0.5) is 0 Å². The van der Waals surface area contributed by atoms with Crippen molar-refractivity contribution < 1.29 is 18.8 Å². The Bertz CT molecular complexity index is 604. The SMILES string of the molecule is CC1(c2nocc2C(=O)N2CCCCC(C3CCOCC3)C2)COC1. The van der Waals surface area contributed by atoms with Gasteiger partial charge in [-0.3, -0.25) is 4.79 Å². The van der Waals surface area contributed by atoms with Gasteiger partial charge in [0, 0.05) is 26.3 Å². The highest BCUT2D eigenvalue weighted by Crippen LogP contribution is 2.35. The normalized spacial score (nSPS) is 27.6. The van der Waals surface area contributed by atoms with Crippen LogP contribution >= 0.6 is 0 Å². The zero-order valence-electron chi connectivity index (χ0n) is 15.0. The summed E-state index contributed by atoms with van der Waals surface area (Å²) < 4.78 is 16.0. The maximum absolute atomic E-state index is 13.2. The molecule has 3 aliphatic heterocycles. The first-order valence-electron chi connectivity index (χ1n) is 9.57. The minimum Gasteiger partial charge on any atom is -0.381 e. The summed E-state index contributed by atoms with van der Waals surface area (Å²) in [5.74, 6) is 1.34. The third-order valence-electron chi connectivity index (χ3n) is 6.14. The molecule has 3 aliphatic rings. The summed E-state index contributed by atoms with van der Waals surface area (Å²) in [6.45, 7) is 6.69. The summed E-state index contributed by atoms with van der Waals surface area (Å²) in [6.07, 6.45) is 7.27. The molecule has 3 fully saturated rings. The van der Waals surface area contributed by atoms with E-state index in [2.05, 4.69) is 12.1 Å². The third kappa shape index (κ3) is 3.34. The van der Waals surface area contributed by atoms with Crippen molar-refractivity contribution in [3.8, 4) is 0 Å². The van der Waals surface area contributed by atoms with Crippen molar-refractivity contribution in [2.45, 2.75) is 44.4 Å². The Balaban J connectivity index is 1.50. The molecule has 4 rings (SSSR count). The lowest BCUT2D eigenvalue weighted by molar-refractivity contribution is -0.0535. The Hall–Kier alpha value is -1.40. The molecule has 6 heteroatoms. The molecule has 0 aromatic carbocycles. The topological polar surface area (TPSA) is 64.8 Å². The van der Waals surface area contributed by atoms with Gasteiger partial charge in [0.25, 0.3) is 5.91 Å². The average Bonchev–Trinajstić information content (AvgIpc) is 2.98. The van der Waals surface area contributed by atoms with Gasteiger partial charge in [0.15, 0.2) is 0 Å². The van der Waals surface area contributed by atoms with Crippen LogP contribution in [-0.4, -0.2) is 55.5 Å². The number of aromatic nitrogens is 1. The van der Waals surface area contributed by atoms with Crippen LogP contribution in [0.3, 0.4) is 0 Å². The van der Waals surface area contributed by atoms with Crippen molar-refractivity contribution in [2.24, 2.45) is 11.8 Å². The van der Waals surface area contributed by atoms with Crippen LogP contribution in [0.5, 0.6) is 0 Å². The van der Waals surface area contributed by atoms with Crippen molar-refractivity contribution in [3.63, 3.8) is 0 Å². The number of nitrogens with zero attached hydrogens (tertiary/aromatic N) is 2. The zero-order valence-corrected chi connectivity index (χ0v) is 15.0. The lowest BCUT2D eigenvalue weighted by atomic mass is 9.82. The molecule has 25 heavy (non-hydrogen) atoms. The molecular formula is C19H28N2O4. The second kappa shape index (κ2) is 7.08. The fourth-order valence-electron chi connectivity index (χ4n) is 4.47. The van der Waals surface area contributed by atoms with E-state index < -0.39 is 0 Å². The van der Waals surface area contributed by atoms with Crippen LogP contribution in [0.2, 0.25) is 0 Å². The predicted molar refractivity (Wildman–Crippen MR) is 91.5 cm³/mol. The maximum Gasteiger partial charge on any atom is 0.259 e. The van der Waals surface area contributed by atoms with Gasteiger partial charge in [-0.2, -0.15) is 0 Å². The second-order valence-corrected chi connectivity index (χ2v) is 8.09. The molecule has 1 aromatic heterocycles. The second-order valence-electron chi connectivity index (χ2n) is 8.09. The summed E-state index contributed by atoms with van der Waals surface area (Å²) in [5, 5.41) is 4.14. The highest BCUT2D eigenvalue weighted by Gasteiger charge is 2.42. The van der Waals surface area contributed by atoms with Crippen molar-refractivity contribution in [1.29, 1.82) is 0 Å². The van der Waals surface area contributed by atoms with E-state index in [4.69, 9.17) is 14.0 Å². The van der Waals surface area contributed by atoms with Crippen molar-refractivity contribution in [3.05, 3.63) is 17.5 Å². The minimum atomic E-state index is -0.191. The number of carbonyl (C=O) groups is 1. The van der Waals surface area contributed by atoms with Crippen LogP contribution in [-0.2, 0) is 14.9 Å². The molecular weight excluding hydrogens is 320 g/mol. The number of rotatable bonds is 3. The Morgan fingerprint density at radius 3 is 2.68 bits per heavy atom. The van der Waals surface area contributed by atoms with Gasteiger partial charge in [0.1, 0.15) is 17.5 Å². The van der Waals surface area contributed by atoms with Gasteiger partial charge in [-0.25, -0.2) is 0 Å². The number of hydrogen-bond acceptors (Lipinski definition) is 5. The molecule has 1 amide bonds. The van der Waals surface area contributed by atoms with Crippen LogP contribution in [0, 0.1) is 11.8 Å². The van der Waals surface area contributed by atoms with E-state index in [9.17, 15) is 4.79 Å². The lowest BCUT2D eigenvalue weighted by Gasteiger charge is -2.37. The number of carbonyl (C=O) groups excluding carboxylic acids is 1. The monoisotopic (exact) mass is 348 g/mol. The molecule has 1 atom stereocenters. The van der Waals surface area contributed by atoms with E-state index >= 15 is 0 Å². The van der Waals surface area contributed by atoms with E-state index in [-0.39, 0.29) is 11.3 Å². The van der Waals surface area contributed by atoms with Gasteiger partial charge in [-0.15, -0.1) is 0 Å². The maximum atomic E-state index is 13.2. The Kier molecular flexibility index (Phi) is 4.82. The molecule has 0 spiro atoms. The standard InChI is InChI=1S/C19H28N2O4/c1-19(12-24-13-19)17-16(11-25-20-17)18(22)21-7-3-2-4-15(10-21)14-5-8-23-9-6-14/h11,14-15H,2-10,12-13H2,1H3. The largest absolute Gasteiger partial charge is 0.381 e. The van der Waals surface area contributed by atoms with Crippen molar-refractivity contribution in [1.82, 2.24) is 10.1 Å². The summed E-state index contributed by atoms with van der Waals surface area (Å²) >= 11 is 0. The third-order valence-corrected chi connectivity index (χ3v) is 6.14. The predicted octanol–water partition coefficient (Wildman–Crippen LogP) is 2.63. The molecule has 4 heterocycles. The van der Waals surface area contributed by atoms with Crippen LogP contribution in [0.1, 0.15) is 55.1 Å². The fraction of sp³-hybridized carbons (Fsp3) is 0.789. The first-order chi connectivity index (χ1) is 12.2. The lowest BCUT2D eigenvalue weighted by Crippen LogP contribution is -2.46. The quantitative estimate of drug-likeness (QED) is 0.840. The Morgan fingerprint density at radius 2 is 1.96 bits per heavy atom. The van der Waals surface area contributed by atoms with E-state index in [1.54, 1.807) is 0 Å². The number of amides is 1. The van der Waals surface area contributed by atoms with Crippen LogP contribution in [0.15, 0.2) is 10.8 Å². The first-order valence-corrected chi connectivity index (χ1v) is 9.57. The molecule has 1 aromatic rings. The van der Waals surface area contributed by atoms with Crippen molar-refractivity contribution >= 4 is 5.91 Å². The molecule has 3 saturated heterocycles. The van der Waals surface area contributed by atoms with Gasteiger partial charge in [0.05, 0.1) is 18.6 Å². The van der Waals surface area contributed by atoms with Gasteiger partial charge < -0.3 is 18.9 Å². The van der Waals surface area contributed by atoms with E-state index in [1.807, 2.05) is 4.90 Å². The van der Waals surface area contributed by atoms with Gasteiger partial charge in [-0.1, -0.05) is 11.6 Å². The molecule has 0 aliphatic carbocycles. The molecule has 6 nitrogen and oxygen atoms in total. The van der Waals surface area contributed by atoms with Gasteiger partial charge >= 0.3 is 0 Å². The zero-order chi connectivity index (χ0) is 17.3. The molecule has 1 unspecified atom stereocenters. The highest BCUT2D eigenvalue weighted by atomic mass is 16.5. The number of ether oxygens (including phenoxy) is 2. The number of likely N-dealkylation sites (tertiary alicyclic amines) is 1. The average molecular weight is 348 g/mol. The summed E-state index contributed by atoms with van der Waals surface area (Å²) in [4.78, 5) is 15.2. The Morgan fingerprint density at radius 1 is 1.16 bits per heavy atom. The van der Waals surface area contributed by atoms with Gasteiger partial charge in [-0.05, 0) is 44.4 Å². The van der Waals surface area contributed by atoms with E-state index in [0.29, 0.717) is 30.6 Å². The minimum absolute atomic E-state index is 0.0725. The van der Waals surface area contributed by atoms with E-state index in [1.165, 1.54) is 19.1 Å². The van der Waals surface area contributed by atoms with Crippen molar-refractivity contribution in [2.75, 3.05) is 39.5 Å². The smallest absolute Gasteiger partial charge is 0.259 e. The van der Waals surface area contributed by atoms with Crippen LogP contribution in [0.25, 0.3) is 0 Å². The molecule has 0 bridgehead atoms. The van der Waals surface area contributed by atoms with E-state index in [0.717, 1.165) is 51.3 Å².